The number of benzene rings is 2. The number of carbonyl (C=O) groups is 1. The molecule has 1 saturated heterocycles. The number of guanidine groups is 1. The largest absolute Gasteiger partial charge is 0.504 e. The smallest absolute Gasteiger partial charge is 0.207 e. The fourth-order valence-corrected chi connectivity index (χ4v) is 21.9. The van der Waals surface area contributed by atoms with Crippen molar-refractivity contribution in [1.82, 2.24) is 10.6 Å². The van der Waals surface area contributed by atoms with E-state index >= 15 is 4.79 Å². The fourth-order valence-electron chi connectivity index (χ4n) is 21.9. The van der Waals surface area contributed by atoms with Crippen molar-refractivity contribution >= 4 is 17.4 Å². The van der Waals surface area contributed by atoms with Gasteiger partial charge < -0.3 is 50.0 Å². The van der Waals surface area contributed by atoms with Crippen LogP contribution in [0.15, 0.2) is 47.5 Å². The highest BCUT2D eigenvalue weighted by molar-refractivity contribution is 5.97. The van der Waals surface area contributed by atoms with Crippen LogP contribution in [0.25, 0.3) is 0 Å². The number of aliphatic imine (C=N–C) groups is 1. The maximum absolute atomic E-state index is 16.1. The van der Waals surface area contributed by atoms with Gasteiger partial charge in [-0.05, 0) is 228 Å². The molecule has 2 aromatic carbocycles. The number of nitrogens with zero attached hydrogens (tertiary/aromatic N) is 1. The SMILES string of the molecule is CCC1CCC2C(C1)C1C=CC(=O)C3(Cc4ccc(O)c(OC)c4)CCCC3CC#CNC(=NC)Nc3cc(cc4c3OC#CCC3CC(CNC)(CC35CCC3CC6CCC(CO)C6OC3(O)C5)O4)C13CCC1(CCCC1)C3C2CCCO. The zero-order valence-electron chi connectivity index (χ0n) is 50.8. The van der Waals surface area contributed by atoms with E-state index in [0.29, 0.717) is 97.1 Å². The third kappa shape index (κ3) is 9.78. The fraction of sp³-hybridized carbons (Fsp3) is 0.718. The number of ketones is 1. The summed E-state index contributed by atoms with van der Waals surface area (Å²) in [5.74, 6) is 10.7. The normalized spacial score (nSPS) is 41.1. The van der Waals surface area contributed by atoms with E-state index in [1.165, 1.54) is 44.1 Å². The lowest BCUT2D eigenvalue weighted by molar-refractivity contribution is -0.328. The summed E-state index contributed by atoms with van der Waals surface area (Å²) in [7, 11) is 5.37. The molecule has 0 radical (unpaired) electrons. The molecule has 17 unspecified atom stereocenters. The number of methoxy groups -OCH3 is 1. The van der Waals surface area contributed by atoms with Crippen LogP contribution < -0.4 is 30.2 Å². The highest BCUT2D eigenvalue weighted by atomic mass is 16.6. The number of aromatic hydroxyl groups is 1. The summed E-state index contributed by atoms with van der Waals surface area (Å²) in [5, 5.41) is 55.7. The number of hydrogen-bond donors (Lipinski definition) is 7. The van der Waals surface area contributed by atoms with E-state index in [9.17, 15) is 20.4 Å². The Kier molecular flexibility index (Phi) is 16.0. The summed E-state index contributed by atoms with van der Waals surface area (Å²) in [5.41, 5.74) is 0.830. The van der Waals surface area contributed by atoms with Gasteiger partial charge in [0.2, 0.25) is 11.7 Å². The monoisotopic (exact) mass is 1150 g/mol. The first-order valence-electron chi connectivity index (χ1n) is 33.2. The van der Waals surface area contributed by atoms with Crippen LogP contribution in [0, 0.1) is 105 Å². The van der Waals surface area contributed by atoms with Crippen molar-refractivity contribution in [2.75, 3.05) is 46.3 Å². The minimum absolute atomic E-state index is 0.00191. The van der Waals surface area contributed by atoms with Crippen molar-refractivity contribution in [3.63, 3.8) is 0 Å². The Morgan fingerprint density at radius 1 is 0.893 bits per heavy atom. The highest BCUT2D eigenvalue weighted by Crippen LogP contribution is 2.74. The summed E-state index contributed by atoms with van der Waals surface area (Å²) in [6.07, 6.45) is 31.8. The van der Waals surface area contributed by atoms with Gasteiger partial charge in [-0.1, -0.05) is 63.0 Å². The molecule has 11 aliphatic rings. The molecule has 3 aliphatic heterocycles. The number of ether oxygens (including phenoxy) is 4. The van der Waals surface area contributed by atoms with Crippen LogP contribution in [0.1, 0.15) is 179 Å². The Labute approximate surface area is 500 Å². The maximum atomic E-state index is 16.1. The van der Waals surface area contributed by atoms with Crippen molar-refractivity contribution < 1.29 is 44.2 Å². The molecule has 84 heavy (non-hydrogen) atoms. The first kappa shape index (κ1) is 58.3. The maximum Gasteiger partial charge on any atom is 0.207 e. The summed E-state index contributed by atoms with van der Waals surface area (Å²) in [4.78, 5) is 20.9. The van der Waals surface area contributed by atoms with Crippen molar-refractivity contribution in [2.45, 2.75) is 197 Å². The Morgan fingerprint density at radius 3 is 2.55 bits per heavy atom. The number of phenolic OH excluding ortho intramolecular Hbond substituents is 1. The van der Waals surface area contributed by atoms with Gasteiger partial charge in [-0.15, -0.1) is 0 Å². The van der Waals surface area contributed by atoms with Crippen molar-refractivity contribution in [3.8, 4) is 47.0 Å². The third-order valence-electron chi connectivity index (χ3n) is 25.4. The van der Waals surface area contributed by atoms with Gasteiger partial charge in [0.15, 0.2) is 28.8 Å². The molecule has 3 heterocycles. The number of anilines is 1. The Hall–Kier alpha value is -4.76. The average molecular weight is 1150 g/mol. The second-order valence-electron chi connectivity index (χ2n) is 29.1. The predicted molar refractivity (Wildman–Crippen MR) is 325 cm³/mol. The van der Waals surface area contributed by atoms with E-state index in [1.54, 1.807) is 20.2 Å². The number of likely N-dealkylation sites (N-methyl/N-ethyl adjacent to an activating group) is 1. The van der Waals surface area contributed by atoms with Crippen LogP contribution in [0.3, 0.4) is 0 Å². The molecule has 8 saturated carbocycles. The van der Waals surface area contributed by atoms with Gasteiger partial charge in [0.25, 0.3) is 0 Å². The number of nitrogens with one attached hydrogen (secondary N) is 3. The van der Waals surface area contributed by atoms with Crippen LogP contribution in [-0.2, 0) is 21.4 Å². The number of rotatable bonds is 10. The zero-order chi connectivity index (χ0) is 58.1. The first-order chi connectivity index (χ1) is 40.8. The first-order valence-corrected chi connectivity index (χ1v) is 33.2. The molecule has 7 N–H and O–H groups in total. The lowest BCUT2D eigenvalue weighted by Crippen LogP contribution is -2.58. The summed E-state index contributed by atoms with van der Waals surface area (Å²) >= 11 is 0. The van der Waals surface area contributed by atoms with E-state index in [1.807, 2.05) is 19.2 Å². The minimum Gasteiger partial charge on any atom is -0.504 e. The van der Waals surface area contributed by atoms with Gasteiger partial charge in [-0.2, -0.15) is 0 Å². The molecule has 17 atom stereocenters. The van der Waals surface area contributed by atoms with Gasteiger partial charge in [0, 0.05) is 74.8 Å². The van der Waals surface area contributed by atoms with E-state index in [2.05, 4.69) is 71.2 Å². The van der Waals surface area contributed by atoms with Crippen molar-refractivity contribution in [1.29, 1.82) is 0 Å². The number of fused-ring (bicyclic) bond motifs is 13. The molecule has 8 aliphatic carbocycles. The van der Waals surface area contributed by atoms with E-state index < -0.39 is 22.2 Å². The van der Waals surface area contributed by atoms with Crippen molar-refractivity contribution in [3.05, 3.63) is 53.6 Å². The average Bonchev–Trinajstić information content (AvgIpc) is 1.84. The third-order valence-corrected chi connectivity index (χ3v) is 25.4. The number of carbonyl (C=O) groups excluding carboxylic acids is 1. The van der Waals surface area contributed by atoms with E-state index in [0.717, 1.165) is 102 Å². The quantitative estimate of drug-likeness (QED) is 0.112. The number of aliphatic hydroxyl groups excluding tert-OH is 2. The molecule has 0 aromatic heterocycles. The van der Waals surface area contributed by atoms with Crippen LogP contribution in [0.2, 0.25) is 0 Å². The Bertz CT molecular complexity index is 2990. The summed E-state index contributed by atoms with van der Waals surface area (Å²) in [6.45, 7) is 3.20. The van der Waals surface area contributed by atoms with Crippen LogP contribution in [0.4, 0.5) is 5.69 Å². The zero-order valence-corrected chi connectivity index (χ0v) is 50.8. The minimum atomic E-state index is -1.29. The van der Waals surface area contributed by atoms with Gasteiger partial charge in [-0.3, -0.25) is 15.1 Å². The van der Waals surface area contributed by atoms with E-state index in [4.69, 9.17) is 23.9 Å². The molecule has 454 valence electrons. The molecular weight excluding hydrogens is 1050 g/mol. The summed E-state index contributed by atoms with van der Waals surface area (Å²) in [6, 6.07) is 13.5. The van der Waals surface area contributed by atoms with Gasteiger partial charge in [0.1, 0.15) is 11.7 Å². The number of aliphatic hydroxyl groups is 3. The van der Waals surface area contributed by atoms with Gasteiger partial charge in [0.05, 0.1) is 18.9 Å². The van der Waals surface area contributed by atoms with Gasteiger partial charge >= 0.3 is 0 Å². The van der Waals surface area contributed by atoms with Gasteiger partial charge in [-0.25, -0.2) is 0 Å². The number of hydrogen-bond acceptors (Lipinski definition) is 11. The molecule has 9 fully saturated rings. The standard InChI is InChI=1S/C71H96N4O9/c1-5-45-16-20-53-54(15-10-32-76)64-66(25-6-7-26-66)29-30-70(64)52-37-57(75-65(73-3)74-31-9-13-49-12-8-27-69(49,61(79)23-21-56(70)55(53)34-45)39-46-17-22-58(78)59(35-46)81-4)63-60(38-52)83-68(44-72-2)40-51(14-11-33-82-63)67(42-68)28-24-50-36-47-18-19-48(41-77)62(47)84-71(50,80)43-67/h17,21-23,35,37-38,45,47-51,53-56,62,64,72,76-78,80H,5-8,10,12-16,18-20,24-30,32,34,36,39-44H2,1-4H3,(H2,73,74,75). The molecule has 13 nitrogen and oxygen atoms in total. The number of allylic oxidation sites excluding steroid dienone is 2. The molecule has 2 aromatic rings. The molecule has 13 rings (SSSR count). The van der Waals surface area contributed by atoms with Crippen LogP contribution >= 0.6 is 0 Å². The van der Waals surface area contributed by atoms with Crippen LogP contribution in [0.5, 0.6) is 23.0 Å². The Balaban J connectivity index is 0.991. The molecular formula is C71H96N4O9. The summed E-state index contributed by atoms with van der Waals surface area (Å²) < 4.78 is 27.4. The highest BCUT2D eigenvalue weighted by Gasteiger charge is 2.69. The second-order valence-corrected chi connectivity index (χ2v) is 29.1. The Morgan fingerprint density at radius 2 is 1.75 bits per heavy atom. The molecule has 13 heteroatoms. The lowest BCUT2D eigenvalue weighted by atomic mass is 9.42. The lowest BCUT2D eigenvalue weighted by Gasteiger charge is -2.62. The molecule has 4 bridgehead atoms. The molecule has 0 amide bonds. The topological polar surface area (TPSA) is 183 Å². The molecule has 3 spiro atoms. The van der Waals surface area contributed by atoms with Crippen molar-refractivity contribution in [2.24, 2.45) is 86.3 Å². The second kappa shape index (κ2) is 23.1. The van der Waals surface area contributed by atoms with Crippen LogP contribution in [-0.4, -0.2) is 90.6 Å². The number of phenols is 1. The predicted octanol–water partition coefficient (Wildman–Crippen LogP) is 11.3. The van der Waals surface area contributed by atoms with E-state index in [-0.39, 0.29) is 77.2 Å².